The summed E-state index contributed by atoms with van der Waals surface area (Å²) in [7, 11) is 0.334. The average molecular weight is 495 g/mol. The fourth-order valence-corrected chi connectivity index (χ4v) is 7.44. The van der Waals surface area contributed by atoms with Crippen molar-refractivity contribution in [1.82, 2.24) is 0 Å². The predicted octanol–water partition coefficient (Wildman–Crippen LogP) is 11.2. The van der Waals surface area contributed by atoms with E-state index in [0.29, 0.717) is 7.92 Å². The number of unbranched alkanes of at least 4 members (excludes halogenated alkanes) is 16. The largest absolute Gasteiger partial charge is 0.153 e. The average Bonchev–Trinajstić information content (AvgIpc) is 2.82. The standard InChI is InChI=1S/C31H57P.H3P/c1-3-5-7-9-15-22-28-32(29-23-16-10-8-6-4-2)30-24-17-13-11-12-14-19-25-31-26-20-18-21-27-31;/h18,20-21,26-27H,3-17,19,22-25,28-30H2,1-2H3;1H3. The third-order valence-corrected chi connectivity index (χ3v) is 9.78. The van der Waals surface area contributed by atoms with Gasteiger partial charge in [0.15, 0.2) is 0 Å². The maximum Gasteiger partial charge on any atom is -0.0279 e. The first kappa shape index (κ1) is 33.1. The van der Waals surface area contributed by atoms with Crippen LogP contribution >= 0.6 is 17.8 Å². The van der Waals surface area contributed by atoms with E-state index in [1.165, 1.54) is 134 Å². The minimum atomic E-state index is 0. The van der Waals surface area contributed by atoms with Crippen molar-refractivity contribution in [2.24, 2.45) is 0 Å². The molecule has 2 heteroatoms. The highest BCUT2D eigenvalue weighted by atomic mass is 31.1. The van der Waals surface area contributed by atoms with E-state index in [1.54, 1.807) is 18.5 Å². The summed E-state index contributed by atoms with van der Waals surface area (Å²) in [5.74, 6) is 0. The van der Waals surface area contributed by atoms with Crippen LogP contribution in [0.1, 0.15) is 141 Å². The number of aryl methyl sites for hydroxylation is 1. The first-order chi connectivity index (χ1) is 15.9. The minimum Gasteiger partial charge on any atom is -0.153 e. The van der Waals surface area contributed by atoms with E-state index in [2.05, 4.69) is 44.2 Å². The molecule has 0 aromatic heterocycles. The number of rotatable bonds is 24. The van der Waals surface area contributed by atoms with Gasteiger partial charge < -0.3 is 0 Å². The molecular formula is C31H60P2. The maximum atomic E-state index is 2.32. The molecule has 0 heterocycles. The summed E-state index contributed by atoms with van der Waals surface area (Å²) in [6.07, 6.45) is 33.7. The quantitative estimate of drug-likeness (QED) is 0.0990. The van der Waals surface area contributed by atoms with Crippen LogP contribution in [-0.4, -0.2) is 18.5 Å². The van der Waals surface area contributed by atoms with Crippen LogP contribution in [0.3, 0.4) is 0 Å². The molecule has 1 rings (SSSR count). The van der Waals surface area contributed by atoms with E-state index in [4.69, 9.17) is 0 Å². The Morgan fingerprint density at radius 1 is 0.455 bits per heavy atom. The molecule has 0 N–H and O–H groups in total. The molecule has 1 unspecified atom stereocenters. The molecule has 0 fully saturated rings. The topological polar surface area (TPSA) is 0 Å². The van der Waals surface area contributed by atoms with Gasteiger partial charge in [0.25, 0.3) is 0 Å². The second-order valence-corrected chi connectivity index (χ2v) is 12.8. The predicted molar refractivity (Wildman–Crippen MR) is 162 cm³/mol. The van der Waals surface area contributed by atoms with Gasteiger partial charge in [-0.05, 0) is 56.2 Å². The van der Waals surface area contributed by atoms with Crippen molar-refractivity contribution in [2.75, 3.05) is 18.5 Å². The van der Waals surface area contributed by atoms with Crippen molar-refractivity contribution in [3.63, 3.8) is 0 Å². The molecule has 0 amide bonds. The second kappa shape index (κ2) is 26.7. The summed E-state index contributed by atoms with van der Waals surface area (Å²) in [5, 5.41) is 0. The zero-order chi connectivity index (χ0) is 23.0. The molecule has 0 bridgehead atoms. The molecule has 194 valence electrons. The maximum absolute atomic E-state index is 2.32. The van der Waals surface area contributed by atoms with Crippen LogP contribution in [-0.2, 0) is 6.42 Å². The van der Waals surface area contributed by atoms with Crippen LogP contribution < -0.4 is 0 Å². The number of benzene rings is 1. The van der Waals surface area contributed by atoms with Gasteiger partial charge in [-0.25, -0.2) is 0 Å². The fraction of sp³-hybridized carbons (Fsp3) is 0.806. The third kappa shape index (κ3) is 22.3. The summed E-state index contributed by atoms with van der Waals surface area (Å²) < 4.78 is 0. The molecule has 0 aliphatic heterocycles. The van der Waals surface area contributed by atoms with E-state index in [1.807, 2.05) is 0 Å². The van der Waals surface area contributed by atoms with Crippen LogP contribution in [0.15, 0.2) is 30.3 Å². The Labute approximate surface area is 214 Å². The second-order valence-electron chi connectivity index (χ2n) is 10.1. The van der Waals surface area contributed by atoms with Crippen molar-refractivity contribution >= 4 is 17.8 Å². The summed E-state index contributed by atoms with van der Waals surface area (Å²) >= 11 is 0. The molecule has 0 radical (unpaired) electrons. The zero-order valence-corrected chi connectivity index (χ0v) is 25.1. The highest BCUT2D eigenvalue weighted by molar-refractivity contribution is 7.57. The molecule has 0 spiro atoms. The molecule has 0 aliphatic rings. The molecule has 1 atom stereocenters. The summed E-state index contributed by atoms with van der Waals surface area (Å²) in [4.78, 5) is 0. The van der Waals surface area contributed by atoms with E-state index >= 15 is 0 Å². The van der Waals surface area contributed by atoms with Gasteiger partial charge in [-0.3, -0.25) is 0 Å². The Morgan fingerprint density at radius 2 is 0.818 bits per heavy atom. The lowest BCUT2D eigenvalue weighted by Gasteiger charge is -2.18. The van der Waals surface area contributed by atoms with Crippen LogP contribution in [0.2, 0.25) is 0 Å². The van der Waals surface area contributed by atoms with Gasteiger partial charge in [-0.2, -0.15) is 9.90 Å². The van der Waals surface area contributed by atoms with Crippen LogP contribution in [0.25, 0.3) is 0 Å². The fourth-order valence-electron chi connectivity index (χ4n) is 4.76. The van der Waals surface area contributed by atoms with E-state index in [9.17, 15) is 0 Å². The Hall–Kier alpha value is 0.0800. The zero-order valence-electron chi connectivity index (χ0n) is 22.8. The molecule has 33 heavy (non-hydrogen) atoms. The van der Waals surface area contributed by atoms with E-state index < -0.39 is 0 Å². The van der Waals surface area contributed by atoms with E-state index in [0.717, 1.165) is 0 Å². The smallest absolute Gasteiger partial charge is 0.0279 e. The van der Waals surface area contributed by atoms with Crippen molar-refractivity contribution < 1.29 is 0 Å². The third-order valence-electron chi connectivity index (χ3n) is 6.94. The van der Waals surface area contributed by atoms with Crippen LogP contribution in [0.5, 0.6) is 0 Å². The van der Waals surface area contributed by atoms with Gasteiger partial charge in [0.2, 0.25) is 0 Å². The Balaban J connectivity index is 0.0000102. The number of hydrogen-bond donors (Lipinski definition) is 0. The molecule has 0 saturated carbocycles. The number of hydrogen-bond acceptors (Lipinski definition) is 0. The van der Waals surface area contributed by atoms with Gasteiger partial charge in [-0.1, -0.05) is 140 Å². The lowest BCUT2D eigenvalue weighted by atomic mass is 10.0. The minimum absolute atomic E-state index is 0. The summed E-state index contributed by atoms with van der Waals surface area (Å²) in [5.41, 5.74) is 1.51. The highest BCUT2D eigenvalue weighted by Gasteiger charge is 2.08. The molecule has 0 nitrogen and oxygen atoms in total. The highest BCUT2D eigenvalue weighted by Crippen LogP contribution is 2.39. The summed E-state index contributed by atoms with van der Waals surface area (Å²) in [6.45, 7) is 4.65. The van der Waals surface area contributed by atoms with E-state index in [-0.39, 0.29) is 9.90 Å². The molecule has 1 aromatic rings. The van der Waals surface area contributed by atoms with Gasteiger partial charge >= 0.3 is 0 Å². The lowest BCUT2D eigenvalue weighted by Crippen LogP contribution is -1.97. The Morgan fingerprint density at radius 3 is 1.24 bits per heavy atom. The van der Waals surface area contributed by atoms with Gasteiger partial charge in [0, 0.05) is 0 Å². The van der Waals surface area contributed by atoms with Gasteiger partial charge in [-0.15, -0.1) is 7.92 Å². The van der Waals surface area contributed by atoms with Crippen LogP contribution in [0, 0.1) is 0 Å². The van der Waals surface area contributed by atoms with Crippen molar-refractivity contribution in [3.8, 4) is 0 Å². The lowest BCUT2D eigenvalue weighted by molar-refractivity contribution is 0.589. The summed E-state index contributed by atoms with van der Waals surface area (Å²) in [6, 6.07) is 11.0. The normalized spacial score (nSPS) is 11.1. The SMILES string of the molecule is CCCCCCCCP(CCCCCCCC)CCCCCCCCCc1ccccc1.P. The van der Waals surface area contributed by atoms with Gasteiger partial charge in [0.05, 0.1) is 0 Å². The molecular weight excluding hydrogens is 434 g/mol. The Kier molecular flexibility index (Phi) is 26.7. The molecule has 1 aromatic carbocycles. The molecule has 0 saturated heterocycles. The first-order valence-electron chi connectivity index (χ1n) is 14.6. The van der Waals surface area contributed by atoms with Crippen molar-refractivity contribution in [3.05, 3.63) is 35.9 Å². The van der Waals surface area contributed by atoms with Crippen LogP contribution in [0.4, 0.5) is 0 Å². The van der Waals surface area contributed by atoms with Gasteiger partial charge in [0.1, 0.15) is 0 Å². The first-order valence-corrected chi connectivity index (χ1v) is 16.5. The van der Waals surface area contributed by atoms with Crippen molar-refractivity contribution in [1.29, 1.82) is 0 Å². The Bertz CT molecular complexity index is 457. The van der Waals surface area contributed by atoms with Crippen molar-refractivity contribution in [2.45, 2.75) is 142 Å². The monoisotopic (exact) mass is 494 g/mol. The molecule has 0 aliphatic carbocycles.